The maximum Gasteiger partial charge on any atom is 0.127 e. The van der Waals surface area contributed by atoms with Crippen molar-refractivity contribution in [3.63, 3.8) is 0 Å². The van der Waals surface area contributed by atoms with Gasteiger partial charge in [0, 0.05) is 36.4 Å². The van der Waals surface area contributed by atoms with Crippen LogP contribution in [0, 0.1) is 17.1 Å². The van der Waals surface area contributed by atoms with Crippen LogP contribution in [0.25, 0.3) is 0 Å². The minimum Gasteiger partial charge on any atom is -0.342 e. The number of halogens is 2. The molecule has 5 heteroatoms. The van der Waals surface area contributed by atoms with Crippen molar-refractivity contribution in [1.82, 2.24) is 9.88 Å². The molecular formula is C14H13BrFN3. The number of hydrogen-bond acceptors (Lipinski definition) is 2. The summed E-state index contributed by atoms with van der Waals surface area (Å²) < 4.78 is 16.1. The Balaban J connectivity index is 1.96. The van der Waals surface area contributed by atoms with Crippen LogP contribution in [0.4, 0.5) is 4.39 Å². The lowest BCUT2D eigenvalue weighted by atomic mass is 10.2. The molecule has 1 heterocycles. The summed E-state index contributed by atoms with van der Waals surface area (Å²) in [6.07, 6.45) is 1.89. The van der Waals surface area contributed by atoms with E-state index in [4.69, 9.17) is 5.26 Å². The van der Waals surface area contributed by atoms with Crippen LogP contribution in [0.5, 0.6) is 0 Å². The molecule has 2 aromatic rings. The maximum absolute atomic E-state index is 13.5. The SMILES string of the molecule is Cn1cc(CNCc2cc(Br)ccc2F)cc1C#N. The molecule has 0 aliphatic rings. The lowest BCUT2D eigenvalue weighted by Gasteiger charge is -2.05. The molecule has 0 spiro atoms. The maximum atomic E-state index is 13.5. The Bertz CT molecular complexity index is 628. The Kier molecular flexibility index (Phi) is 4.35. The van der Waals surface area contributed by atoms with Gasteiger partial charge in [0.25, 0.3) is 0 Å². The molecule has 0 unspecified atom stereocenters. The van der Waals surface area contributed by atoms with Crippen LogP contribution in [-0.2, 0) is 20.1 Å². The number of nitrogens with one attached hydrogen (secondary N) is 1. The lowest BCUT2D eigenvalue weighted by molar-refractivity contribution is 0.587. The van der Waals surface area contributed by atoms with Crippen molar-refractivity contribution in [2.24, 2.45) is 7.05 Å². The number of aryl methyl sites for hydroxylation is 1. The Hall–Kier alpha value is -1.64. The van der Waals surface area contributed by atoms with Crippen molar-refractivity contribution in [1.29, 1.82) is 5.26 Å². The zero-order valence-electron chi connectivity index (χ0n) is 10.5. The molecule has 1 aromatic heterocycles. The van der Waals surface area contributed by atoms with Gasteiger partial charge < -0.3 is 9.88 Å². The van der Waals surface area contributed by atoms with E-state index in [1.165, 1.54) is 6.07 Å². The predicted octanol–water partition coefficient (Wildman–Crippen LogP) is 3.09. The van der Waals surface area contributed by atoms with Gasteiger partial charge in [0.05, 0.1) is 0 Å². The van der Waals surface area contributed by atoms with Crippen LogP contribution in [0.15, 0.2) is 34.9 Å². The van der Waals surface area contributed by atoms with Gasteiger partial charge in [-0.1, -0.05) is 15.9 Å². The van der Waals surface area contributed by atoms with E-state index in [9.17, 15) is 4.39 Å². The summed E-state index contributed by atoms with van der Waals surface area (Å²) in [7, 11) is 1.83. The molecule has 1 N–H and O–H groups in total. The topological polar surface area (TPSA) is 40.8 Å². The Morgan fingerprint density at radius 1 is 1.37 bits per heavy atom. The van der Waals surface area contributed by atoms with Gasteiger partial charge in [-0.15, -0.1) is 0 Å². The average Bonchev–Trinajstić information content (AvgIpc) is 2.74. The van der Waals surface area contributed by atoms with E-state index in [1.54, 1.807) is 16.7 Å². The second kappa shape index (κ2) is 6.00. The van der Waals surface area contributed by atoms with E-state index in [-0.39, 0.29) is 5.82 Å². The summed E-state index contributed by atoms with van der Waals surface area (Å²) in [5, 5.41) is 12.0. The van der Waals surface area contributed by atoms with E-state index in [1.807, 2.05) is 19.3 Å². The number of nitriles is 1. The molecule has 0 atom stereocenters. The number of hydrogen-bond donors (Lipinski definition) is 1. The first-order valence-corrected chi connectivity index (χ1v) is 6.59. The summed E-state index contributed by atoms with van der Waals surface area (Å²) in [6, 6.07) is 8.81. The van der Waals surface area contributed by atoms with Crippen molar-refractivity contribution in [2.45, 2.75) is 13.1 Å². The summed E-state index contributed by atoms with van der Waals surface area (Å²) in [5.41, 5.74) is 2.24. The van der Waals surface area contributed by atoms with Crippen LogP contribution >= 0.6 is 15.9 Å². The van der Waals surface area contributed by atoms with Crippen LogP contribution in [-0.4, -0.2) is 4.57 Å². The third-order valence-corrected chi connectivity index (χ3v) is 3.32. The van der Waals surface area contributed by atoms with Gasteiger partial charge in [-0.3, -0.25) is 0 Å². The molecule has 1 aromatic carbocycles. The minimum atomic E-state index is -0.221. The first-order chi connectivity index (χ1) is 9.10. The largest absolute Gasteiger partial charge is 0.342 e. The van der Waals surface area contributed by atoms with Crippen molar-refractivity contribution in [3.05, 3.63) is 57.6 Å². The second-order valence-electron chi connectivity index (χ2n) is 4.30. The fourth-order valence-corrected chi connectivity index (χ4v) is 2.27. The number of benzene rings is 1. The zero-order valence-corrected chi connectivity index (χ0v) is 12.0. The average molecular weight is 322 g/mol. The van der Waals surface area contributed by atoms with Gasteiger partial charge in [0.1, 0.15) is 17.6 Å². The first-order valence-electron chi connectivity index (χ1n) is 5.80. The van der Waals surface area contributed by atoms with Crippen molar-refractivity contribution in [2.75, 3.05) is 0 Å². The third kappa shape index (κ3) is 3.43. The Morgan fingerprint density at radius 3 is 2.84 bits per heavy atom. The van der Waals surface area contributed by atoms with E-state index < -0.39 is 0 Å². The van der Waals surface area contributed by atoms with Crippen LogP contribution < -0.4 is 5.32 Å². The number of aromatic nitrogens is 1. The van der Waals surface area contributed by atoms with E-state index in [2.05, 4.69) is 27.3 Å². The predicted molar refractivity (Wildman–Crippen MR) is 74.8 cm³/mol. The first kappa shape index (κ1) is 13.8. The van der Waals surface area contributed by atoms with Gasteiger partial charge in [-0.2, -0.15) is 5.26 Å². The molecule has 0 saturated heterocycles. The molecule has 19 heavy (non-hydrogen) atoms. The van der Waals surface area contributed by atoms with Gasteiger partial charge in [-0.05, 0) is 29.8 Å². The van der Waals surface area contributed by atoms with Gasteiger partial charge in [-0.25, -0.2) is 4.39 Å². The summed E-state index contributed by atoms with van der Waals surface area (Å²) in [6.45, 7) is 1.05. The van der Waals surface area contributed by atoms with E-state index >= 15 is 0 Å². The third-order valence-electron chi connectivity index (χ3n) is 2.83. The highest BCUT2D eigenvalue weighted by molar-refractivity contribution is 9.10. The molecule has 2 rings (SSSR count). The van der Waals surface area contributed by atoms with E-state index in [0.717, 1.165) is 10.0 Å². The molecule has 0 radical (unpaired) electrons. The Labute approximate surface area is 119 Å². The zero-order chi connectivity index (χ0) is 13.8. The minimum absolute atomic E-state index is 0.221. The van der Waals surface area contributed by atoms with Gasteiger partial charge in [0.2, 0.25) is 0 Å². The molecule has 98 valence electrons. The highest BCUT2D eigenvalue weighted by atomic mass is 79.9. The van der Waals surface area contributed by atoms with Crippen molar-refractivity contribution in [3.8, 4) is 6.07 Å². The summed E-state index contributed by atoms with van der Waals surface area (Å²) >= 11 is 3.32. The van der Waals surface area contributed by atoms with Gasteiger partial charge >= 0.3 is 0 Å². The molecule has 0 fully saturated rings. The highest BCUT2D eigenvalue weighted by Gasteiger charge is 2.04. The van der Waals surface area contributed by atoms with Gasteiger partial charge in [0.15, 0.2) is 0 Å². The van der Waals surface area contributed by atoms with Crippen LogP contribution in [0.2, 0.25) is 0 Å². The molecule has 0 amide bonds. The fraction of sp³-hybridized carbons (Fsp3) is 0.214. The van der Waals surface area contributed by atoms with Crippen molar-refractivity contribution < 1.29 is 4.39 Å². The molecule has 3 nitrogen and oxygen atoms in total. The standard InChI is InChI=1S/C14H13BrFN3/c1-19-9-10(4-13(19)6-17)7-18-8-11-5-12(15)2-3-14(11)16/h2-5,9,18H,7-8H2,1H3. The highest BCUT2D eigenvalue weighted by Crippen LogP contribution is 2.15. The summed E-state index contributed by atoms with van der Waals surface area (Å²) in [5.74, 6) is -0.221. The monoisotopic (exact) mass is 321 g/mol. The molecule has 0 bridgehead atoms. The molecule has 0 aliphatic carbocycles. The molecule has 0 saturated carbocycles. The van der Waals surface area contributed by atoms with Crippen LogP contribution in [0.3, 0.4) is 0 Å². The van der Waals surface area contributed by atoms with Crippen molar-refractivity contribution >= 4 is 15.9 Å². The normalized spacial score (nSPS) is 10.4. The van der Waals surface area contributed by atoms with E-state index in [0.29, 0.717) is 24.3 Å². The summed E-state index contributed by atoms with van der Waals surface area (Å²) in [4.78, 5) is 0. The second-order valence-corrected chi connectivity index (χ2v) is 5.21. The Morgan fingerprint density at radius 2 is 2.16 bits per heavy atom. The number of nitrogens with zero attached hydrogens (tertiary/aromatic N) is 2. The smallest absolute Gasteiger partial charge is 0.127 e. The fourth-order valence-electron chi connectivity index (χ4n) is 1.86. The lowest BCUT2D eigenvalue weighted by Crippen LogP contribution is -2.13. The van der Waals surface area contributed by atoms with Crippen LogP contribution in [0.1, 0.15) is 16.8 Å². The number of rotatable bonds is 4. The quantitative estimate of drug-likeness (QED) is 0.940. The molecular weight excluding hydrogens is 309 g/mol. The molecule has 0 aliphatic heterocycles.